The van der Waals surface area contributed by atoms with Gasteiger partial charge in [-0.05, 0) is 58.0 Å². The lowest BCUT2D eigenvalue weighted by molar-refractivity contribution is 0.00935. The van der Waals surface area contributed by atoms with Gasteiger partial charge in [0.2, 0.25) is 0 Å². The third kappa shape index (κ3) is 4.17. The fraction of sp³-hybridized carbons (Fsp3) is 1.00. The summed E-state index contributed by atoms with van der Waals surface area (Å²) in [6.07, 6.45) is 7.75. The average molecular weight is 268 g/mol. The average Bonchev–Trinajstić information content (AvgIpc) is 2.46. The maximum Gasteiger partial charge on any atom is 0.0480 e. The van der Waals surface area contributed by atoms with Gasteiger partial charge in [-0.25, -0.2) is 0 Å². The molecule has 1 N–H and O–H groups in total. The van der Waals surface area contributed by atoms with Crippen LogP contribution in [0.15, 0.2) is 0 Å². The van der Waals surface area contributed by atoms with E-state index in [-0.39, 0.29) is 0 Å². The SMILES string of the molecule is CCCNC1CCC(C)CC1N(C)C1CCOCC1. The summed E-state index contributed by atoms with van der Waals surface area (Å²) in [7, 11) is 2.35. The highest BCUT2D eigenvalue weighted by molar-refractivity contribution is 4.92. The van der Waals surface area contributed by atoms with Crippen molar-refractivity contribution in [2.24, 2.45) is 5.92 Å². The van der Waals surface area contributed by atoms with Crippen molar-refractivity contribution in [2.45, 2.75) is 70.5 Å². The van der Waals surface area contributed by atoms with Gasteiger partial charge in [-0.3, -0.25) is 4.90 Å². The van der Waals surface area contributed by atoms with Crippen molar-refractivity contribution in [2.75, 3.05) is 26.8 Å². The van der Waals surface area contributed by atoms with E-state index in [1.165, 1.54) is 38.5 Å². The van der Waals surface area contributed by atoms with Crippen LogP contribution in [-0.2, 0) is 4.74 Å². The number of nitrogens with zero attached hydrogens (tertiary/aromatic N) is 1. The summed E-state index contributed by atoms with van der Waals surface area (Å²) in [6, 6.07) is 2.15. The highest BCUT2D eigenvalue weighted by Crippen LogP contribution is 2.30. The van der Waals surface area contributed by atoms with E-state index in [4.69, 9.17) is 4.74 Å². The molecule has 3 heteroatoms. The lowest BCUT2D eigenvalue weighted by Crippen LogP contribution is -2.55. The number of likely N-dealkylation sites (N-methyl/N-ethyl adjacent to an activating group) is 1. The van der Waals surface area contributed by atoms with Gasteiger partial charge < -0.3 is 10.1 Å². The fourth-order valence-corrected chi connectivity index (χ4v) is 3.73. The molecular formula is C16H32N2O. The molecule has 0 aromatic rings. The van der Waals surface area contributed by atoms with E-state index in [9.17, 15) is 0 Å². The molecule has 0 aromatic heterocycles. The zero-order chi connectivity index (χ0) is 13.7. The normalized spacial score (nSPS) is 33.8. The molecule has 2 aliphatic rings. The Morgan fingerprint density at radius 1 is 1.16 bits per heavy atom. The Morgan fingerprint density at radius 2 is 1.89 bits per heavy atom. The zero-order valence-electron chi connectivity index (χ0n) is 13.0. The summed E-state index contributed by atoms with van der Waals surface area (Å²) in [5.74, 6) is 0.881. The number of rotatable bonds is 5. The molecule has 112 valence electrons. The van der Waals surface area contributed by atoms with Gasteiger partial charge in [0, 0.05) is 31.3 Å². The van der Waals surface area contributed by atoms with Gasteiger partial charge in [-0.2, -0.15) is 0 Å². The van der Waals surface area contributed by atoms with E-state index in [1.807, 2.05) is 0 Å². The van der Waals surface area contributed by atoms with Crippen molar-refractivity contribution in [3.8, 4) is 0 Å². The zero-order valence-corrected chi connectivity index (χ0v) is 13.0. The quantitative estimate of drug-likeness (QED) is 0.829. The Balaban J connectivity index is 1.94. The Kier molecular flexibility index (Phi) is 6.11. The molecule has 2 rings (SSSR count). The monoisotopic (exact) mass is 268 g/mol. The lowest BCUT2D eigenvalue weighted by Gasteiger charge is -2.45. The van der Waals surface area contributed by atoms with Crippen molar-refractivity contribution in [3.63, 3.8) is 0 Å². The molecule has 3 unspecified atom stereocenters. The van der Waals surface area contributed by atoms with Crippen LogP contribution in [0.5, 0.6) is 0 Å². The van der Waals surface area contributed by atoms with Crippen LogP contribution >= 0.6 is 0 Å². The predicted molar refractivity (Wildman–Crippen MR) is 80.5 cm³/mol. The molecule has 0 radical (unpaired) electrons. The molecule has 0 spiro atoms. The molecule has 1 saturated heterocycles. The van der Waals surface area contributed by atoms with Gasteiger partial charge in [0.05, 0.1) is 0 Å². The van der Waals surface area contributed by atoms with Crippen molar-refractivity contribution < 1.29 is 4.74 Å². The van der Waals surface area contributed by atoms with E-state index in [0.717, 1.165) is 37.8 Å². The van der Waals surface area contributed by atoms with Gasteiger partial charge in [0.15, 0.2) is 0 Å². The molecule has 1 aliphatic carbocycles. The maximum atomic E-state index is 5.51. The Labute approximate surface area is 119 Å². The minimum absolute atomic E-state index is 0.698. The largest absolute Gasteiger partial charge is 0.381 e. The van der Waals surface area contributed by atoms with Crippen LogP contribution < -0.4 is 5.32 Å². The van der Waals surface area contributed by atoms with Gasteiger partial charge in [0.1, 0.15) is 0 Å². The lowest BCUT2D eigenvalue weighted by atomic mass is 9.81. The van der Waals surface area contributed by atoms with Gasteiger partial charge in [-0.1, -0.05) is 13.8 Å². The minimum Gasteiger partial charge on any atom is -0.381 e. The molecule has 2 fully saturated rings. The van der Waals surface area contributed by atoms with E-state index < -0.39 is 0 Å². The number of ether oxygens (including phenoxy) is 1. The van der Waals surface area contributed by atoms with Crippen molar-refractivity contribution in [3.05, 3.63) is 0 Å². The molecule has 19 heavy (non-hydrogen) atoms. The molecule has 1 aliphatic heterocycles. The molecule has 0 aromatic carbocycles. The Bertz CT molecular complexity index is 251. The van der Waals surface area contributed by atoms with Crippen molar-refractivity contribution in [1.82, 2.24) is 10.2 Å². The molecule has 0 bridgehead atoms. The molecular weight excluding hydrogens is 236 g/mol. The van der Waals surface area contributed by atoms with Crippen LogP contribution in [0.1, 0.15) is 52.4 Å². The molecule has 0 amide bonds. The second kappa shape index (κ2) is 7.61. The van der Waals surface area contributed by atoms with Gasteiger partial charge in [0.25, 0.3) is 0 Å². The maximum absolute atomic E-state index is 5.51. The summed E-state index contributed by atoms with van der Waals surface area (Å²) in [5.41, 5.74) is 0. The predicted octanol–water partition coefficient (Wildman–Crippen LogP) is 2.65. The summed E-state index contributed by atoms with van der Waals surface area (Å²) in [5, 5.41) is 3.79. The van der Waals surface area contributed by atoms with E-state index in [1.54, 1.807) is 0 Å². The first-order valence-corrected chi connectivity index (χ1v) is 8.25. The second-order valence-corrected chi connectivity index (χ2v) is 6.56. The third-order valence-electron chi connectivity index (χ3n) is 5.03. The number of nitrogens with one attached hydrogen (secondary N) is 1. The highest BCUT2D eigenvalue weighted by Gasteiger charge is 2.34. The fourth-order valence-electron chi connectivity index (χ4n) is 3.73. The van der Waals surface area contributed by atoms with Crippen LogP contribution in [0.2, 0.25) is 0 Å². The van der Waals surface area contributed by atoms with Crippen molar-refractivity contribution >= 4 is 0 Å². The minimum atomic E-state index is 0.698. The Morgan fingerprint density at radius 3 is 2.58 bits per heavy atom. The first-order valence-electron chi connectivity index (χ1n) is 8.25. The van der Waals surface area contributed by atoms with Crippen LogP contribution in [0, 0.1) is 5.92 Å². The van der Waals surface area contributed by atoms with Crippen LogP contribution in [0.3, 0.4) is 0 Å². The van der Waals surface area contributed by atoms with Crippen LogP contribution in [-0.4, -0.2) is 49.8 Å². The number of hydrogen-bond acceptors (Lipinski definition) is 3. The van der Waals surface area contributed by atoms with Crippen LogP contribution in [0.25, 0.3) is 0 Å². The molecule has 3 atom stereocenters. The summed E-state index contributed by atoms with van der Waals surface area (Å²) < 4.78 is 5.51. The van der Waals surface area contributed by atoms with Crippen LogP contribution in [0.4, 0.5) is 0 Å². The second-order valence-electron chi connectivity index (χ2n) is 6.56. The first-order chi connectivity index (χ1) is 9.22. The summed E-state index contributed by atoms with van der Waals surface area (Å²) in [4.78, 5) is 2.67. The third-order valence-corrected chi connectivity index (χ3v) is 5.03. The van der Waals surface area contributed by atoms with E-state index in [2.05, 4.69) is 31.1 Å². The molecule has 1 heterocycles. The summed E-state index contributed by atoms with van der Waals surface area (Å²) in [6.45, 7) is 7.74. The molecule has 3 nitrogen and oxygen atoms in total. The van der Waals surface area contributed by atoms with Gasteiger partial charge in [-0.15, -0.1) is 0 Å². The summed E-state index contributed by atoms with van der Waals surface area (Å²) >= 11 is 0. The highest BCUT2D eigenvalue weighted by atomic mass is 16.5. The molecule has 1 saturated carbocycles. The van der Waals surface area contributed by atoms with E-state index >= 15 is 0 Å². The number of hydrogen-bond donors (Lipinski definition) is 1. The standard InChI is InChI=1S/C16H32N2O/c1-4-9-17-15-6-5-13(2)12-16(15)18(3)14-7-10-19-11-8-14/h13-17H,4-12H2,1-3H3. The smallest absolute Gasteiger partial charge is 0.0480 e. The first kappa shape index (κ1) is 15.3. The van der Waals surface area contributed by atoms with Crippen molar-refractivity contribution in [1.29, 1.82) is 0 Å². The van der Waals surface area contributed by atoms with Gasteiger partial charge >= 0.3 is 0 Å². The van der Waals surface area contributed by atoms with E-state index in [0.29, 0.717) is 6.04 Å². The topological polar surface area (TPSA) is 24.5 Å². The Hall–Kier alpha value is -0.120.